The quantitative estimate of drug-likeness (QED) is 0.850. The largest absolute Gasteiger partial charge is 0.478 e. The predicted octanol–water partition coefficient (Wildman–Crippen LogP) is 2.57. The van der Waals surface area contributed by atoms with Crippen molar-refractivity contribution in [2.45, 2.75) is 19.3 Å². The fourth-order valence-electron chi connectivity index (χ4n) is 4.46. The highest BCUT2D eigenvalue weighted by Gasteiger charge is 2.61. The lowest BCUT2D eigenvalue weighted by Gasteiger charge is -2.19. The van der Waals surface area contributed by atoms with E-state index in [9.17, 15) is 14.4 Å². The van der Waals surface area contributed by atoms with E-state index < -0.39 is 5.97 Å². The summed E-state index contributed by atoms with van der Waals surface area (Å²) >= 11 is 6.12. The van der Waals surface area contributed by atoms with Crippen molar-refractivity contribution in [3.63, 3.8) is 0 Å². The van der Waals surface area contributed by atoms with Crippen molar-refractivity contribution in [3.05, 3.63) is 28.8 Å². The molecule has 1 aliphatic heterocycles. The average molecular weight is 320 g/mol. The summed E-state index contributed by atoms with van der Waals surface area (Å²) in [5.74, 6) is -1.45. The van der Waals surface area contributed by atoms with Crippen molar-refractivity contribution in [2.24, 2.45) is 23.7 Å². The van der Waals surface area contributed by atoms with Crippen LogP contribution in [0.2, 0.25) is 5.02 Å². The van der Waals surface area contributed by atoms with E-state index in [4.69, 9.17) is 16.7 Å². The number of hydrogen-bond donors (Lipinski definition) is 1. The van der Waals surface area contributed by atoms with Crippen molar-refractivity contribution in [2.75, 3.05) is 4.90 Å². The highest BCUT2D eigenvalue weighted by molar-refractivity contribution is 6.36. The molecule has 22 heavy (non-hydrogen) atoms. The lowest BCUT2D eigenvalue weighted by molar-refractivity contribution is -0.123. The van der Waals surface area contributed by atoms with Gasteiger partial charge in [-0.1, -0.05) is 11.6 Å². The second-order valence-electron chi connectivity index (χ2n) is 6.37. The van der Waals surface area contributed by atoms with Gasteiger partial charge in [0, 0.05) is 0 Å². The lowest BCUT2D eigenvalue weighted by Crippen LogP contribution is -2.33. The minimum absolute atomic E-state index is 0.0139. The van der Waals surface area contributed by atoms with Crippen LogP contribution < -0.4 is 4.90 Å². The number of nitrogens with zero attached hydrogens (tertiary/aromatic N) is 1. The number of hydrogen-bond acceptors (Lipinski definition) is 3. The van der Waals surface area contributed by atoms with Crippen LogP contribution in [-0.2, 0) is 9.59 Å². The second kappa shape index (κ2) is 4.56. The molecule has 3 fully saturated rings. The van der Waals surface area contributed by atoms with Gasteiger partial charge in [-0.25, -0.2) is 9.69 Å². The summed E-state index contributed by atoms with van der Waals surface area (Å²) in [5.41, 5.74) is 0.213. The Balaban J connectivity index is 1.78. The maximum atomic E-state index is 12.7. The summed E-state index contributed by atoms with van der Waals surface area (Å²) < 4.78 is 0. The lowest BCUT2D eigenvalue weighted by atomic mass is 9.81. The smallest absolute Gasteiger partial charge is 0.335 e. The Bertz CT molecular complexity index is 688. The number of benzene rings is 1. The Morgan fingerprint density at radius 1 is 1.14 bits per heavy atom. The Morgan fingerprint density at radius 3 is 2.27 bits per heavy atom. The van der Waals surface area contributed by atoms with Gasteiger partial charge in [0.25, 0.3) is 0 Å². The van der Waals surface area contributed by atoms with E-state index >= 15 is 0 Å². The van der Waals surface area contributed by atoms with Crippen molar-refractivity contribution < 1.29 is 19.5 Å². The van der Waals surface area contributed by atoms with Crippen molar-refractivity contribution >= 4 is 35.1 Å². The predicted molar refractivity (Wildman–Crippen MR) is 78.7 cm³/mol. The monoisotopic (exact) mass is 319 g/mol. The van der Waals surface area contributed by atoms with Crippen LogP contribution in [0.25, 0.3) is 0 Å². The van der Waals surface area contributed by atoms with E-state index in [1.165, 1.54) is 18.2 Å². The number of amides is 2. The SMILES string of the molecule is O=C(O)c1ccc(Cl)c(N2C(=O)[C@@H]3[C@H]4CC[C@@H](C4)[C@@H]3C2=O)c1. The van der Waals surface area contributed by atoms with E-state index in [-0.39, 0.29) is 51.8 Å². The van der Waals surface area contributed by atoms with Crippen LogP contribution in [0.3, 0.4) is 0 Å². The first-order valence-electron chi connectivity index (χ1n) is 7.39. The standard InChI is InChI=1S/C16H14ClNO4/c17-10-4-3-9(16(21)22)6-11(10)18-14(19)12-7-1-2-8(5-7)13(12)15(18)20/h3-4,6-8,12-13H,1-2,5H2,(H,21,22)/t7-,8-,12-,13+/m0/s1. The minimum Gasteiger partial charge on any atom is -0.478 e. The van der Waals surface area contributed by atoms with Gasteiger partial charge in [0.1, 0.15) is 0 Å². The van der Waals surface area contributed by atoms with Crippen LogP contribution in [0, 0.1) is 23.7 Å². The van der Waals surface area contributed by atoms with Crippen LogP contribution in [0.15, 0.2) is 18.2 Å². The van der Waals surface area contributed by atoms with Gasteiger partial charge in [-0.15, -0.1) is 0 Å². The summed E-state index contributed by atoms with van der Waals surface area (Å²) in [4.78, 5) is 37.7. The molecule has 2 saturated carbocycles. The number of carboxylic acids is 1. The van der Waals surface area contributed by atoms with Gasteiger partial charge >= 0.3 is 5.97 Å². The zero-order valence-electron chi connectivity index (χ0n) is 11.7. The van der Waals surface area contributed by atoms with E-state index in [0.29, 0.717) is 0 Å². The number of fused-ring (bicyclic) bond motifs is 5. The number of halogens is 1. The molecule has 0 unspecified atom stereocenters. The van der Waals surface area contributed by atoms with Crippen LogP contribution in [0.1, 0.15) is 29.6 Å². The van der Waals surface area contributed by atoms with Crippen molar-refractivity contribution in [1.29, 1.82) is 0 Å². The van der Waals surface area contributed by atoms with Crippen molar-refractivity contribution in [3.8, 4) is 0 Å². The zero-order chi connectivity index (χ0) is 15.6. The molecule has 1 N–H and O–H groups in total. The molecule has 0 spiro atoms. The molecular formula is C16H14ClNO4. The van der Waals surface area contributed by atoms with Gasteiger partial charge < -0.3 is 5.11 Å². The molecule has 5 nitrogen and oxygen atoms in total. The molecule has 4 rings (SSSR count). The Morgan fingerprint density at radius 2 is 1.73 bits per heavy atom. The summed E-state index contributed by atoms with van der Waals surface area (Å²) in [6.07, 6.45) is 2.97. The Labute approximate surface area is 131 Å². The molecule has 3 aliphatic rings. The first-order valence-corrected chi connectivity index (χ1v) is 7.77. The van der Waals surface area contributed by atoms with Crippen LogP contribution >= 0.6 is 11.6 Å². The normalized spacial score (nSPS) is 32.7. The van der Waals surface area contributed by atoms with E-state index in [1.807, 2.05) is 0 Å². The number of anilines is 1. The van der Waals surface area contributed by atoms with Gasteiger partial charge in [0.15, 0.2) is 0 Å². The maximum Gasteiger partial charge on any atom is 0.335 e. The minimum atomic E-state index is -1.11. The highest BCUT2D eigenvalue weighted by atomic mass is 35.5. The fourth-order valence-corrected chi connectivity index (χ4v) is 4.67. The Kier molecular flexibility index (Phi) is 2.85. The van der Waals surface area contributed by atoms with Gasteiger partial charge in [0.05, 0.1) is 28.1 Å². The average Bonchev–Trinajstić information content (AvgIpc) is 3.14. The number of carbonyl (C=O) groups is 3. The number of rotatable bonds is 2. The van der Waals surface area contributed by atoms with Gasteiger partial charge in [-0.2, -0.15) is 0 Å². The molecule has 1 aromatic carbocycles. The van der Waals surface area contributed by atoms with Gasteiger partial charge in [-0.3, -0.25) is 9.59 Å². The molecule has 1 heterocycles. The van der Waals surface area contributed by atoms with Gasteiger partial charge in [-0.05, 0) is 49.3 Å². The first-order chi connectivity index (χ1) is 10.5. The molecule has 0 radical (unpaired) electrons. The molecule has 2 bridgehead atoms. The second-order valence-corrected chi connectivity index (χ2v) is 6.78. The molecule has 2 aliphatic carbocycles. The van der Waals surface area contributed by atoms with Crippen LogP contribution in [-0.4, -0.2) is 22.9 Å². The first kappa shape index (κ1) is 13.8. The number of aromatic carboxylic acids is 1. The summed E-state index contributed by atoms with van der Waals surface area (Å²) in [6, 6.07) is 4.09. The van der Waals surface area contributed by atoms with Gasteiger partial charge in [0.2, 0.25) is 11.8 Å². The summed E-state index contributed by atoms with van der Waals surface area (Å²) in [6.45, 7) is 0. The number of carboxylic acid groups (broad SMARTS) is 1. The third kappa shape index (κ3) is 1.69. The third-order valence-electron chi connectivity index (χ3n) is 5.36. The topological polar surface area (TPSA) is 74.7 Å². The van der Waals surface area contributed by atoms with E-state index in [0.717, 1.165) is 24.2 Å². The van der Waals surface area contributed by atoms with E-state index in [2.05, 4.69) is 0 Å². The highest BCUT2D eigenvalue weighted by Crippen LogP contribution is 2.56. The molecular weight excluding hydrogens is 306 g/mol. The molecule has 2 amide bonds. The Hall–Kier alpha value is -1.88. The third-order valence-corrected chi connectivity index (χ3v) is 5.68. The summed E-state index contributed by atoms with van der Waals surface area (Å²) in [5, 5.41) is 9.32. The molecule has 1 saturated heterocycles. The zero-order valence-corrected chi connectivity index (χ0v) is 12.4. The van der Waals surface area contributed by atoms with E-state index in [1.54, 1.807) is 0 Å². The summed E-state index contributed by atoms with van der Waals surface area (Å²) in [7, 11) is 0. The molecule has 6 heteroatoms. The maximum absolute atomic E-state index is 12.7. The number of carbonyl (C=O) groups excluding carboxylic acids is 2. The van der Waals surface area contributed by atoms with Crippen molar-refractivity contribution in [1.82, 2.24) is 0 Å². The van der Waals surface area contributed by atoms with Crippen LogP contribution in [0.4, 0.5) is 5.69 Å². The van der Waals surface area contributed by atoms with Crippen LogP contribution in [0.5, 0.6) is 0 Å². The fraction of sp³-hybridized carbons (Fsp3) is 0.438. The molecule has 1 aromatic rings. The molecule has 114 valence electrons. The molecule has 4 atom stereocenters. The molecule has 0 aromatic heterocycles. The number of imide groups is 1.